The van der Waals surface area contributed by atoms with Crippen molar-refractivity contribution in [1.29, 1.82) is 0 Å². The first-order valence-corrected chi connectivity index (χ1v) is 13.2. The van der Waals surface area contributed by atoms with Gasteiger partial charge in [-0.3, -0.25) is 9.36 Å². The van der Waals surface area contributed by atoms with Gasteiger partial charge >= 0.3 is 0 Å². The molecule has 3 heterocycles. The highest BCUT2D eigenvalue weighted by Crippen LogP contribution is 2.32. The summed E-state index contributed by atoms with van der Waals surface area (Å²) in [6, 6.07) is 13.8. The Morgan fingerprint density at radius 3 is 2.72 bits per heavy atom. The van der Waals surface area contributed by atoms with Crippen molar-refractivity contribution in [2.75, 3.05) is 46.4 Å². The lowest BCUT2D eigenvalue weighted by Gasteiger charge is -2.32. The van der Waals surface area contributed by atoms with Crippen molar-refractivity contribution in [1.82, 2.24) is 24.3 Å². The summed E-state index contributed by atoms with van der Waals surface area (Å²) in [5.41, 5.74) is 9.99. The van der Waals surface area contributed by atoms with E-state index in [1.807, 2.05) is 54.0 Å². The van der Waals surface area contributed by atoms with E-state index in [1.54, 1.807) is 6.33 Å². The minimum Gasteiger partial charge on any atom is -0.494 e. The molecule has 0 atom stereocenters. The molecule has 2 N–H and O–H groups in total. The molecule has 1 amide bonds. The second kappa shape index (κ2) is 10.8. The summed E-state index contributed by atoms with van der Waals surface area (Å²) in [5, 5.41) is 0.645. The van der Waals surface area contributed by atoms with E-state index in [2.05, 4.69) is 21.8 Å². The number of fused-ring (bicyclic) bond motifs is 1. The molecule has 2 aromatic carbocycles. The van der Waals surface area contributed by atoms with Crippen LogP contribution in [0, 0.1) is 6.92 Å². The highest BCUT2D eigenvalue weighted by molar-refractivity contribution is 7.16. The van der Waals surface area contributed by atoms with Crippen LogP contribution in [0.5, 0.6) is 5.75 Å². The van der Waals surface area contributed by atoms with Gasteiger partial charge in [0, 0.05) is 37.8 Å². The summed E-state index contributed by atoms with van der Waals surface area (Å²) in [6.45, 7) is 8.41. The second-order valence-electron chi connectivity index (χ2n) is 9.37. The second-order valence-corrected chi connectivity index (χ2v) is 10.4. The van der Waals surface area contributed by atoms with Crippen molar-refractivity contribution in [2.45, 2.75) is 19.8 Å². The van der Waals surface area contributed by atoms with Gasteiger partial charge in [0.25, 0.3) is 5.91 Å². The third-order valence-corrected chi connectivity index (χ3v) is 7.66. The summed E-state index contributed by atoms with van der Waals surface area (Å²) in [6.07, 6.45) is 3.87. The number of hydrogen-bond acceptors (Lipinski definition) is 7. The number of nitrogens with two attached hydrogens (primary N) is 1. The molecular weight excluding hydrogens is 472 g/mol. The number of hydrogen-bond donors (Lipinski definition) is 1. The first kappa shape index (κ1) is 24.4. The van der Waals surface area contributed by atoms with E-state index in [-0.39, 0.29) is 0 Å². The highest BCUT2D eigenvalue weighted by Gasteiger charge is 2.20. The van der Waals surface area contributed by atoms with E-state index in [4.69, 9.17) is 15.5 Å². The highest BCUT2D eigenvalue weighted by atomic mass is 32.1. The van der Waals surface area contributed by atoms with Crippen molar-refractivity contribution in [2.24, 2.45) is 5.73 Å². The summed E-state index contributed by atoms with van der Waals surface area (Å²) in [4.78, 5) is 26.9. The van der Waals surface area contributed by atoms with Crippen molar-refractivity contribution in [3.05, 3.63) is 59.2 Å². The Labute approximate surface area is 215 Å². The summed E-state index contributed by atoms with van der Waals surface area (Å²) in [7, 11) is 2.18. The average Bonchev–Trinajstić information content (AvgIpc) is 3.49. The molecule has 0 radical (unpaired) electrons. The lowest BCUT2D eigenvalue weighted by atomic mass is 10.1. The van der Waals surface area contributed by atoms with Crippen molar-refractivity contribution in [3.63, 3.8) is 0 Å². The van der Waals surface area contributed by atoms with Gasteiger partial charge in [0.1, 0.15) is 17.0 Å². The van der Waals surface area contributed by atoms with E-state index in [0.29, 0.717) is 22.3 Å². The van der Waals surface area contributed by atoms with Crippen LogP contribution in [-0.2, 0) is 0 Å². The number of imidazole rings is 1. The van der Waals surface area contributed by atoms with Crippen LogP contribution in [0.2, 0.25) is 0 Å². The van der Waals surface area contributed by atoms with Crippen molar-refractivity contribution < 1.29 is 9.53 Å². The van der Waals surface area contributed by atoms with E-state index in [0.717, 1.165) is 73.5 Å². The Morgan fingerprint density at radius 2 is 1.94 bits per heavy atom. The Hall–Kier alpha value is -3.27. The fourth-order valence-corrected chi connectivity index (χ4v) is 5.42. The van der Waals surface area contributed by atoms with Crippen LogP contribution < -0.4 is 10.5 Å². The van der Waals surface area contributed by atoms with E-state index < -0.39 is 5.91 Å². The Morgan fingerprint density at radius 1 is 1.11 bits per heavy atom. The zero-order chi connectivity index (χ0) is 25.1. The van der Waals surface area contributed by atoms with E-state index >= 15 is 0 Å². The fourth-order valence-electron chi connectivity index (χ4n) is 4.50. The molecular formula is C27H32N6O2S. The smallest absolute Gasteiger partial charge is 0.261 e. The maximum atomic E-state index is 12.2. The monoisotopic (exact) mass is 504 g/mol. The molecule has 1 aliphatic heterocycles. The molecule has 1 aliphatic rings. The number of likely N-dealkylation sites (N-methyl/N-ethyl adjacent to an activating group) is 1. The fraction of sp³-hybridized carbons (Fsp3) is 0.370. The Bertz CT molecular complexity index is 1360. The van der Waals surface area contributed by atoms with Gasteiger partial charge < -0.3 is 20.3 Å². The normalized spacial score (nSPS) is 14.9. The number of benzene rings is 2. The number of aromatic nitrogens is 3. The molecule has 9 heteroatoms. The minimum absolute atomic E-state index is 0.435. The number of rotatable bonds is 9. The van der Waals surface area contributed by atoms with Gasteiger partial charge in [-0.1, -0.05) is 35.1 Å². The third kappa shape index (κ3) is 5.43. The molecule has 1 saturated heterocycles. The number of aryl methyl sites for hydroxylation is 1. The quantitative estimate of drug-likeness (QED) is 0.347. The van der Waals surface area contributed by atoms with E-state index in [9.17, 15) is 4.79 Å². The zero-order valence-corrected chi connectivity index (χ0v) is 21.6. The van der Waals surface area contributed by atoms with Crippen LogP contribution in [0.15, 0.2) is 48.8 Å². The van der Waals surface area contributed by atoms with E-state index in [1.165, 1.54) is 11.3 Å². The molecule has 0 aliphatic carbocycles. The standard InChI is InChI=1S/C27H32N6O2S/c1-19-6-5-7-20(16-19)24-25(26(28)34)36-27(30-24)33-18-29-22-9-8-21(17-23(22)33)35-15-4-3-10-32-13-11-31(2)12-14-32/h5-9,16-18H,3-4,10-15H2,1-2H3,(H2,28,34). The van der Waals surface area contributed by atoms with Gasteiger partial charge in [-0.15, -0.1) is 0 Å². The lowest BCUT2D eigenvalue weighted by molar-refractivity contribution is 0.100. The molecule has 1 fully saturated rings. The van der Waals surface area contributed by atoms with Gasteiger partial charge in [0.15, 0.2) is 5.13 Å². The molecule has 0 saturated carbocycles. The number of nitrogens with zero attached hydrogens (tertiary/aromatic N) is 5. The average molecular weight is 505 g/mol. The minimum atomic E-state index is -0.486. The first-order chi connectivity index (χ1) is 17.5. The summed E-state index contributed by atoms with van der Waals surface area (Å²) >= 11 is 1.27. The largest absolute Gasteiger partial charge is 0.494 e. The topological polar surface area (TPSA) is 89.5 Å². The number of carbonyl (C=O) groups excluding carboxylic acids is 1. The molecule has 0 bridgehead atoms. The molecule has 188 valence electrons. The van der Waals surface area contributed by atoms with Crippen LogP contribution in [0.25, 0.3) is 27.4 Å². The first-order valence-electron chi connectivity index (χ1n) is 12.4. The van der Waals surface area contributed by atoms with Crippen LogP contribution in [0.3, 0.4) is 0 Å². The molecule has 8 nitrogen and oxygen atoms in total. The molecule has 0 spiro atoms. The maximum absolute atomic E-state index is 12.2. The van der Waals surface area contributed by atoms with Crippen LogP contribution >= 0.6 is 11.3 Å². The zero-order valence-electron chi connectivity index (χ0n) is 20.8. The number of unbranched alkanes of at least 4 members (excludes halogenated alkanes) is 1. The molecule has 0 unspecified atom stereocenters. The number of amides is 1. The number of ether oxygens (including phenoxy) is 1. The number of carbonyl (C=O) groups is 1. The SMILES string of the molecule is Cc1cccc(-c2nc(-n3cnc4ccc(OCCCCN5CCN(C)CC5)cc43)sc2C(N)=O)c1. The predicted molar refractivity (Wildman–Crippen MR) is 144 cm³/mol. The number of piperazine rings is 1. The number of thiazole rings is 1. The predicted octanol–water partition coefficient (Wildman–Crippen LogP) is 3.96. The van der Waals surface area contributed by atoms with Crippen LogP contribution in [0.4, 0.5) is 0 Å². The van der Waals surface area contributed by atoms with Gasteiger partial charge in [-0.2, -0.15) is 0 Å². The molecule has 2 aromatic heterocycles. The Balaban J connectivity index is 1.29. The van der Waals surface area contributed by atoms with Gasteiger partial charge in [-0.05, 0) is 51.6 Å². The maximum Gasteiger partial charge on any atom is 0.261 e. The number of primary amides is 1. The third-order valence-electron chi connectivity index (χ3n) is 6.59. The summed E-state index contributed by atoms with van der Waals surface area (Å²) < 4.78 is 7.97. The lowest BCUT2D eigenvalue weighted by Crippen LogP contribution is -2.44. The molecule has 4 aromatic rings. The van der Waals surface area contributed by atoms with Gasteiger partial charge in [-0.25, -0.2) is 9.97 Å². The molecule has 5 rings (SSSR count). The molecule has 36 heavy (non-hydrogen) atoms. The van der Waals surface area contributed by atoms with Gasteiger partial charge in [0.2, 0.25) is 0 Å². The Kier molecular flexibility index (Phi) is 7.31. The van der Waals surface area contributed by atoms with Gasteiger partial charge in [0.05, 0.1) is 23.3 Å². The van der Waals surface area contributed by atoms with Crippen LogP contribution in [-0.4, -0.2) is 76.6 Å². The van der Waals surface area contributed by atoms with Crippen LogP contribution in [0.1, 0.15) is 28.1 Å². The van der Waals surface area contributed by atoms with Crippen molar-refractivity contribution >= 4 is 28.3 Å². The summed E-state index contributed by atoms with van der Waals surface area (Å²) in [5.74, 6) is 0.315. The van der Waals surface area contributed by atoms with Crippen molar-refractivity contribution in [3.8, 4) is 22.1 Å².